The molecule has 1 saturated heterocycles. The molecule has 1 atom stereocenters. The van der Waals surface area contributed by atoms with Gasteiger partial charge in [0.05, 0.1) is 6.04 Å². The van der Waals surface area contributed by atoms with Gasteiger partial charge in [0.15, 0.2) is 0 Å². The molecule has 104 valence electrons. The lowest BCUT2D eigenvalue weighted by molar-refractivity contribution is -0.132. The molecule has 1 aliphatic heterocycles. The molecule has 0 bridgehead atoms. The molecule has 1 fully saturated rings. The van der Waals surface area contributed by atoms with Crippen LogP contribution in [0.1, 0.15) is 44.2 Å². The molecule has 0 spiro atoms. The van der Waals surface area contributed by atoms with Gasteiger partial charge in [0.25, 0.3) is 0 Å². The van der Waals surface area contributed by atoms with E-state index in [9.17, 15) is 4.79 Å². The van der Waals surface area contributed by atoms with Crippen LogP contribution in [0.15, 0.2) is 24.3 Å². The summed E-state index contributed by atoms with van der Waals surface area (Å²) >= 11 is 0. The highest BCUT2D eigenvalue weighted by Crippen LogP contribution is 2.33. The minimum Gasteiger partial charge on any atom is -0.378 e. The van der Waals surface area contributed by atoms with Crippen LogP contribution in [0.2, 0.25) is 0 Å². The van der Waals surface area contributed by atoms with Gasteiger partial charge in [0.2, 0.25) is 5.91 Å². The Kier molecular flexibility index (Phi) is 4.46. The molecule has 0 N–H and O–H groups in total. The van der Waals surface area contributed by atoms with Gasteiger partial charge in [-0.05, 0) is 37.0 Å². The highest BCUT2D eigenvalue weighted by molar-refractivity contribution is 5.77. The largest absolute Gasteiger partial charge is 0.378 e. The number of nitrogens with zero attached hydrogens (tertiary/aromatic N) is 2. The smallest absolute Gasteiger partial charge is 0.223 e. The standard InChI is InChI=1S/C16H24N2O/c1-4-7-16(19)18-11-6-10-15(18)13-8-5-9-14(12-13)17(2)3/h5,8-9,12,15H,4,6-7,10-11H2,1-3H3/t15-/m0/s1. The number of benzene rings is 1. The van der Waals surface area contributed by atoms with Gasteiger partial charge in [-0.3, -0.25) is 4.79 Å². The van der Waals surface area contributed by atoms with E-state index in [1.807, 2.05) is 14.1 Å². The van der Waals surface area contributed by atoms with Crippen LogP contribution in [0.5, 0.6) is 0 Å². The average Bonchev–Trinajstić information content (AvgIpc) is 2.88. The molecule has 1 amide bonds. The predicted molar refractivity (Wildman–Crippen MR) is 79.4 cm³/mol. The van der Waals surface area contributed by atoms with Crippen LogP contribution in [0, 0.1) is 0 Å². The summed E-state index contributed by atoms with van der Waals surface area (Å²) in [6.07, 6.45) is 3.81. The fraction of sp³-hybridized carbons (Fsp3) is 0.562. The van der Waals surface area contributed by atoms with E-state index in [-0.39, 0.29) is 6.04 Å². The second-order valence-corrected chi connectivity index (χ2v) is 5.48. The quantitative estimate of drug-likeness (QED) is 0.830. The summed E-state index contributed by atoms with van der Waals surface area (Å²) in [5.41, 5.74) is 2.47. The second kappa shape index (κ2) is 6.09. The van der Waals surface area contributed by atoms with Gasteiger partial charge >= 0.3 is 0 Å². The summed E-state index contributed by atoms with van der Waals surface area (Å²) in [4.78, 5) is 16.3. The summed E-state index contributed by atoms with van der Waals surface area (Å²) < 4.78 is 0. The summed E-state index contributed by atoms with van der Waals surface area (Å²) in [7, 11) is 4.10. The van der Waals surface area contributed by atoms with Gasteiger partial charge in [-0.1, -0.05) is 19.1 Å². The Morgan fingerprint density at radius 1 is 1.42 bits per heavy atom. The van der Waals surface area contributed by atoms with Crippen molar-refractivity contribution in [1.82, 2.24) is 4.90 Å². The van der Waals surface area contributed by atoms with Crippen molar-refractivity contribution in [2.24, 2.45) is 0 Å². The first-order valence-corrected chi connectivity index (χ1v) is 7.20. The maximum absolute atomic E-state index is 12.2. The number of carbonyl (C=O) groups excluding carboxylic acids is 1. The Bertz CT molecular complexity index is 442. The second-order valence-electron chi connectivity index (χ2n) is 5.48. The van der Waals surface area contributed by atoms with Gasteiger partial charge in [0.1, 0.15) is 0 Å². The van der Waals surface area contributed by atoms with E-state index in [0.29, 0.717) is 12.3 Å². The van der Waals surface area contributed by atoms with E-state index in [2.05, 4.69) is 41.0 Å². The van der Waals surface area contributed by atoms with Gasteiger partial charge in [-0.25, -0.2) is 0 Å². The molecule has 2 rings (SSSR count). The molecule has 1 aromatic rings. The minimum absolute atomic E-state index is 0.277. The van der Waals surface area contributed by atoms with E-state index in [1.54, 1.807) is 0 Å². The summed E-state index contributed by atoms with van der Waals surface area (Å²) in [6.45, 7) is 2.98. The van der Waals surface area contributed by atoms with Gasteiger partial charge in [-0.2, -0.15) is 0 Å². The number of rotatable bonds is 4. The van der Waals surface area contributed by atoms with Crippen LogP contribution in [0.25, 0.3) is 0 Å². The topological polar surface area (TPSA) is 23.6 Å². The van der Waals surface area contributed by atoms with Crippen molar-refractivity contribution in [3.8, 4) is 0 Å². The van der Waals surface area contributed by atoms with Crippen LogP contribution < -0.4 is 4.90 Å². The normalized spacial score (nSPS) is 18.7. The SMILES string of the molecule is CCCC(=O)N1CCC[C@H]1c1cccc(N(C)C)c1. The fourth-order valence-corrected chi connectivity index (χ4v) is 2.78. The number of hydrogen-bond donors (Lipinski definition) is 0. The van der Waals surface area contributed by atoms with Crippen molar-refractivity contribution in [3.05, 3.63) is 29.8 Å². The monoisotopic (exact) mass is 260 g/mol. The average molecular weight is 260 g/mol. The Hall–Kier alpha value is -1.51. The number of anilines is 1. The van der Waals surface area contributed by atoms with Crippen molar-refractivity contribution in [2.75, 3.05) is 25.5 Å². The summed E-state index contributed by atoms with van der Waals surface area (Å²) in [5.74, 6) is 0.306. The highest BCUT2D eigenvalue weighted by atomic mass is 16.2. The highest BCUT2D eigenvalue weighted by Gasteiger charge is 2.29. The zero-order valence-electron chi connectivity index (χ0n) is 12.2. The molecule has 3 nitrogen and oxygen atoms in total. The first kappa shape index (κ1) is 13.9. The van der Waals surface area contributed by atoms with E-state index in [1.165, 1.54) is 11.3 Å². The lowest BCUT2D eigenvalue weighted by atomic mass is 10.0. The van der Waals surface area contributed by atoms with Crippen molar-refractivity contribution in [3.63, 3.8) is 0 Å². The Morgan fingerprint density at radius 2 is 2.21 bits per heavy atom. The number of carbonyl (C=O) groups is 1. The van der Waals surface area contributed by atoms with Crippen LogP contribution in [-0.2, 0) is 4.79 Å². The molecule has 0 aromatic heterocycles. The molecule has 0 radical (unpaired) electrons. The van der Waals surface area contributed by atoms with Crippen LogP contribution in [0.3, 0.4) is 0 Å². The molecule has 0 aliphatic carbocycles. The molecule has 1 aromatic carbocycles. The third-order valence-electron chi connectivity index (χ3n) is 3.81. The number of hydrogen-bond acceptors (Lipinski definition) is 2. The van der Waals surface area contributed by atoms with Crippen molar-refractivity contribution < 1.29 is 4.79 Å². The molecular formula is C16H24N2O. The van der Waals surface area contributed by atoms with Gasteiger partial charge in [0, 0.05) is 32.7 Å². The molecule has 1 heterocycles. The summed E-state index contributed by atoms with van der Waals surface area (Å²) in [6, 6.07) is 8.83. The summed E-state index contributed by atoms with van der Waals surface area (Å²) in [5, 5.41) is 0. The lowest BCUT2D eigenvalue weighted by Gasteiger charge is -2.26. The first-order valence-electron chi connectivity index (χ1n) is 7.20. The van der Waals surface area contributed by atoms with Gasteiger partial charge < -0.3 is 9.80 Å². The van der Waals surface area contributed by atoms with Gasteiger partial charge in [-0.15, -0.1) is 0 Å². The van der Waals surface area contributed by atoms with E-state index in [4.69, 9.17) is 0 Å². The van der Waals surface area contributed by atoms with Crippen molar-refractivity contribution >= 4 is 11.6 Å². The third-order valence-corrected chi connectivity index (χ3v) is 3.81. The first-order chi connectivity index (χ1) is 9.13. The van der Waals surface area contributed by atoms with Crippen molar-refractivity contribution in [2.45, 2.75) is 38.6 Å². The fourth-order valence-electron chi connectivity index (χ4n) is 2.78. The molecule has 1 aliphatic rings. The van der Waals surface area contributed by atoms with Crippen LogP contribution in [0.4, 0.5) is 5.69 Å². The van der Waals surface area contributed by atoms with Crippen molar-refractivity contribution in [1.29, 1.82) is 0 Å². The zero-order valence-corrected chi connectivity index (χ0v) is 12.2. The maximum atomic E-state index is 12.2. The molecular weight excluding hydrogens is 236 g/mol. The Labute approximate surface area is 116 Å². The van der Waals surface area contributed by atoms with Crippen LogP contribution in [-0.4, -0.2) is 31.4 Å². The molecule has 3 heteroatoms. The Balaban J connectivity index is 2.20. The van der Waals surface area contributed by atoms with Crippen LogP contribution >= 0.6 is 0 Å². The Morgan fingerprint density at radius 3 is 2.89 bits per heavy atom. The van der Waals surface area contributed by atoms with E-state index in [0.717, 1.165) is 25.8 Å². The predicted octanol–water partition coefficient (Wildman–Crippen LogP) is 3.22. The number of amides is 1. The van der Waals surface area contributed by atoms with E-state index >= 15 is 0 Å². The molecule has 19 heavy (non-hydrogen) atoms. The third kappa shape index (κ3) is 3.09. The molecule has 0 unspecified atom stereocenters. The minimum atomic E-state index is 0.277. The zero-order chi connectivity index (χ0) is 13.8. The van der Waals surface area contributed by atoms with E-state index < -0.39 is 0 Å². The maximum Gasteiger partial charge on any atom is 0.223 e. The molecule has 0 saturated carbocycles. The lowest BCUT2D eigenvalue weighted by Crippen LogP contribution is -2.30. The number of likely N-dealkylation sites (tertiary alicyclic amines) is 1.